The number of imidazole rings is 1. The molecule has 2 aliphatic rings. The first-order chi connectivity index (χ1) is 16.2. The molecule has 0 saturated heterocycles. The number of fused-ring (bicyclic) bond motifs is 2. The van der Waals surface area contributed by atoms with Gasteiger partial charge in [-0.3, -0.25) is 14.0 Å². The number of alkyl halides is 3. The van der Waals surface area contributed by atoms with E-state index >= 15 is 0 Å². The van der Waals surface area contributed by atoms with Crippen LogP contribution in [-0.4, -0.2) is 31.5 Å². The summed E-state index contributed by atoms with van der Waals surface area (Å²) in [4.78, 5) is 28.6. The Kier molecular flexibility index (Phi) is 4.39. The monoisotopic (exact) mass is 467 g/mol. The number of nitrogens with one attached hydrogen (secondary N) is 2. The molecule has 1 spiro atoms. The number of benzene rings is 1. The van der Waals surface area contributed by atoms with Crippen LogP contribution in [0, 0.1) is 5.41 Å². The lowest BCUT2D eigenvalue weighted by Gasteiger charge is -2.57. The lowest BCUT2D eigenvalue weighted by molar-refractivity contribution is -0.136. The van der Waals surface area contributed by atoms with Gasteiger partial charge in [-0.2, -0.15) is 18.3 Å². The molecule has 3 heterocycles. The van der Waals surface area contributed by atoms with E-state index in [9.17, 15) is 22.8 Å². The standard InChI is InChI=1S/C24H20F3N5O2/c25-24(26,27)17-6-3-7-32-18(12-28-20(17)32)22(34)29-14-10-23(11-14)8-13(9-23)19-15-4-1-2-5-16(15)21(33)31-30-19/h1-7,12-14H,8-11H2,(H,29,34)(H,31,33)/t13-,14-,23?. The quantitative estimate of drug-likeness (QED) is 0.476. The number of nitrogens with zero attached hydrogens (tertiary/aromatic N) is 3. The van der Waals surface area contributed by atoms with Crippen molar-refractivity contribution < 1.29 is 18.0 Å². The van der Waals surface area contributed by atoms with Gasteiger partial charge in [0.2, 0.25) is 0 Å². The molecule has 1 aromatic carbocycles. The number of rotatable bonds is 3. The second-order valence-corrected chi connectivity index (χ2v) is 9.42. The maximum atomic E-state index is 13.2. The van der Waals surface area contributed by atoms with E-state index in [2.05, 4.69) is 20.5 Å². The van der Waals surface area contributed by atoms with Crippen molar-refractivity contribution in [2.24, 2.45) is 5.41 Å². The fraction of sp³-hybridized carbons (Fsp3) is 0.333. The van der Waals surface area contributed by atoms with Crippen molar-refractivity contribution in [1.29, 1.82) is 0 Å². The largest absolute Gasteiger partial charge is 0.419 e. The second kappa shape index (κ2) is 7.15. The number of hydrogen-bond acceptors (Lipinski definition) is 4. The Morgan fingerprint density at radius 3 is 2.56 bits per heavy atom. The third-order valence-electron chi connectivity index (χ3n) is 7.24. The van der Waals surface area contributed by atoms with Crippen molar-refractivity contribution in [3.05, 3.63) is 76.1 Å². The summed E-state index contributed by atoms with van der Waals surface area (Å²) in [5.41, 5.74) is -0.246. The van der Waals surface area contributed by atoms with Gasteiger partial charge in [-0.05, 0) is 49.3 Å². The summed E-state index contributed by atoms with van der Waals surface area (Å²) in [6, 6.07) is 9.61. The molecule has 0 atom stereocenters. The van der Waals surface area contributed by atoms with Gasteiger partial charge < -0.3 is 5.32 Å². The Balaban J connectivity index is 1.12. The number of pyridine rings is 1. The molecule has 10 heteroatoms. The maximum absolute atomic E-state index is 13.2. The summed E-state index contributed by atoms with van der Waals surface area (Å²) >= 11 is 0. The lowest BCUT2D eigenvalue weighted by Crippen LogP contribution is -2.55. The molecule has 0 bridgehead atoms. The molecule has 2 N–H and O–H groups in total. The van der Waals surface area contributed by atoms with Crippen LogP contribution in [0.25, 0.3) is 16.4 Å². The summed E-state index contributed by atoms with van der Waals surface area (Å²) in [5.74, 6) is -0.186. The van der Waals surface area contributed by atoms with Gasteiger partial charge in [0.05, 0.1) is 22.8 Å². The van der Waals surface area contributed by atoms with Crippen molar-refractivity contribution in [3.8, 4) is 0 Å². The molecule has 0 unspecified atom stereocenters. The molecule has 3 aromatic heterocycles. The highest BCUT2D eigenvalue weighted by atomic mass is 19.4. The van der Waals surface area contributed by atoms with Crippen LogP contribution in [0.1, 0.15) is 53.3 Å². The molecule has 4 aromatic rings. The SMILES string of the molecule is O=C(N[C@H]1CC2(C1)C[C@H](c1n[nH]c(=O)c3ccccc31)C2)c1cnc2c(C(F)(F)F)cccn12. The van der Waals surface area contributed by atoms with Crippen LogP contribution in [-0.2, 0) is 6.18 Å². The highest BCUT2D eigenvalue weighted by molar-refractivity contribution is 5.93. The smallest absolute Gasteiger partial charge is 0.348 e. The number of H-pyrrole nitrogens is 1. The van der Waals surface area contributed by atoms with E-state index in [1.807, 2.05) is 18.2 Å². The third-order valence-corrected chi connectivity index (χ3v) is 7.24. The van der Waals surface area contributed by atoms with Gasteiger partial charge in [0.1, 0.15) is 11.3 Å². The topological polar surface area (TPSA) is 92.1 Å². The Morgan fingerprint density at radius 1 is 1.09 bits per heavy atom. The molecule has 6 rings (SSSR count). The molecule has 0 radical (unpaired) electrons. The van der Waals surface area contributed by atoms with E-state index < -0.39 is 17.6 Å². The molecule has 1 amide bonds. The van der Waals surface area contributed by atoms with E-state index in [4.69, 9.17) is 0 Å². The van der Waals surface area contributed by atoms with Crippen LogP contribution in [0.15, 0.2) is 53.6 Å². The van der Waals surface area contributed by atoms with Gasteiger partial charge in [-0.25, -0.2) is 10.1 Å². The van der Waals surface area contributed by atoms with Gasteiger partial charge in [0.15, 0.2) is 0 Å². The lowest BCUT2D eigenvalue weighted by atomic mass is 9.49. The molecular formula is C24H20F3N5O2. The van der Waals surface area contributed by atoms with E-state index in [-0.39, 0.29) is 34.3 Å². The van der Waals surface area contributed by atoms with Crippen LogP contribution in [0.4, 0.5) is 13.2 Å². The average molecular weight is 467 g/mol. The number of aromatic nitrogens is 4. The van der Waals surface area contributed by atoms with E-state index in [0.29, 0.717) is 5.39 Å². The fourth-order valence-corrected chi connectivity index (χ4v) is 5.71. The van der Waals surface area contributed by atoms with Gasteiger partial charge in [-0.15, -0.1) is 0 Å². The van der Waals surface area contributed by atoms with Crippen LogP contribution in [0.2, 0.25) is 0 Å². The Morgan fingerprint density at radius 2 is 1.82 bits per heavy atom. The Bertz CT molecular complexity index is 1490. The zero-order valence-corrected chi connectivity index (χ0v) is 17.9. The molecule has 0 aliphatic heterocycles. The zero-order chi connectivity index (χ0) is 23.7. The van der Waals surface area contributed by atoms with Crippen LogP contribution in [0.3, 0.4) is 0 Å². The van der Waals surface area contributed by atoms with Crippen molar-refractivity contribution in [2.45, 2.75) is 43.8 Å². The second-order valence-electron chi connectivity index (χ2n) is 9.42. The van der Waals surface area contributed by atoms with Crippen molar-refractivity contribution in [3.63, 3.8) is 0 Å². The van der Waals surface area contributed by atoms with Crippen molar-refractivity contribution in [1.82, 2.24) is 24.9 Å². The van der Waals surface area contributed by atoms with Gasteiger partial charge in [0.25, 0.3) is 11.5 Å². The number of aromatic amines is 1. The number of hydrogen-bond donors (Lipinski definition) is 2. The van der Waals surface area contributed by atoms with Gasteiger partial charge in [0, 0.05) is 23.5 Å². The van der Waals surface area contributed by atoms with Gasteiger partial charge in [-0.1, -0.05) is 18.2 Å². The minimum atomic E-state index is -4.55. The maximum Gasteiger partial charge on any atom is 0.419 e. The first-order valence-electron chi connectivity index (χ1n) is 11.1. The van der Waals surface area contributed by atoms with E-state index in [0.717, 1.165) is 42.8 Å². The fourth-order valence-electron chi connectivity index (χ4n) is 5.71. The molecule has 2 saturated carbocycles. The van der Waals surface area contributed by atoms with Crippen LogP contribution in [0.5, 0.6) is 0 Å². The molecule has 7 nitrogen and oxygen atoms in total. The number of amides is 1. The Labute approximate surface area is 191 Å². The number of carbonyl (C=O) groups is 1. The normalized spacial score (nSPS) is 24.2. The van der Waals surface area contributed by atoms with Crippen LogP contribution < -0.4 is 10.9 Å². The molecule has 2 fully saturated rings. The average Bonchev–Trinajstić information content (AvgIpc) is 3.19. The third kappa shape index (κ3) is 3.19. The molecule has 174 valence electrons. The minimum Gasteiger partial charge on any atom is -0.348 e. The van der Waals surface area contributed by atoms with Crippen molar-refractivity contribution in [2.75, 3.05) is 0 Å². The van der Waals surface area contributed by atoms with E-state index in [1.54, 1.807) is 6.07 Å². The number of halogens is 3. The summed E-state index contributed by atoms with van der Waals surface area (Å²) in [6.07, 6.45) is 1.50. The van der Waals surface area contributed by atoms with E-state index in [1.165, 1.54) is 22.9 Å². The molecule has 34 heavy (non-hydrogen) atoms. The predicted molar refractivity (Wildman–Crippen MR) is 117 cm³/mol. The van der Waals surface area contributed by atoms with Crippen LogP contribution >= 0.6 is 0 Å². The highest BCUT2D eigenvalue weighted by Crippen LogP contribution is 2.62. The first kappa shape index (κ1) is 20.9. The predicted octanol–water partition coefficient (Wildman–Crippen LogP) is 4.05. The summed E-state index contributed by atoms with van der Waals surface area (Å²) in [6.45, 7) is 0. The Hall–Kier alpha value is -3.69. The minimum absolute atomic E-state index is 0.0370. The zero-order valence-electron chi connectivity index (χ0n) is 17.9. The first-order valence-corrected chi connectivity index (χ1v) is 11.1. The number of carbonyl (C=O) groups excluding carboxylic acids is 1. The molecular weight excluding hydrogens is 447 g/mol. The summed E-state index contributed by atoms with van der Waals surface area (Å²) in [5, 5.41) is 11.4. The summed E-state index contributed by atoms with van der Waals surface area (Å²) in [7, 11) is 0. The van der Waals surface area contributed by atoms with Gasteiger partial charge >= 0.3 is 6.18 Å². The molecule has 2 aliphatic carbocycles. The summed E-state index contributed by atoms with van der Waals surface area (Å²) < 4.78 is 40.8. The highest BCUT2D eigenvalue weighted by Gasteiger charge is 2.54. The van der Waals surface area contributed by atoms with Crippen molar-refractivity contribution >= 4 is 22.3 Å².